The largest absolute Gasteiger partial charge is 0.497 e. The van der Waals surface area contributed by atoms with E-state index < -0.39 is 17.6 Å². The van der Waals surface area contributed by atoms with Crippen molar-refractivity contribution in [1.29, 1.82) is 0 Å². The first-order chi connectivity index (χ1) is 14.2. The maximum Gasteiger partial charge on any atom is 0.266 e. The highest BCUT2D eigenvalue weighted by Crippen LogP contribution is 2.52. The highest BCUT2D eigenvalue weighted by Gasteiger charge is 2.66. The number of hydrogen-bond donors (Lipinski definition) is 0. The minimum atomic E-state index is -0.775. The van der Waals surface area contributed by atoms with Gasteiger partial charge >= 0.3 is 0 Å². The first-order valence-electron chi connectivity index (χ1n) is 10.2. The summed E-state index contributed by atoms with van der Waals surface area (Å²) in [6, 6.07) is 16.8. The molecule has 150 valence electrons. The third kappa shape index (κ3) is 2.66. The van der Waals surface area contributed by atoms with Crippen LogP contribution < -0.4 is 14.7 Å². The standard InChI is InChI=1S/C23H24N2O4/c1-28-18-12-10-16(11-13-18)24-21(26)19-20(22(24)27)29-25(17-8-4-2-5-9-17)23(19)14-6-3-7-15-23/h2,4-5,8-13,19-20H,3,6-7,14-15H2,1H3/t19-,20+/m0/s1. The van der Waals surface area contributed by atoms with Crippen LogP contribution in [0, 0.1) is 5.92 Å². The number of ether oxygens (including phenoxy) is 1. The number of methoxy groups -OCH3 is 1. The van der Waals surface area contributed by atoms with Crippen molar-refractivity contribution in [3.63, 3.8) is 0 Å². The lowest BCUT2D eigenvalue weighted by atomic mass is 9.71. The average molecular weight is 392 g/mol. The van der Waals surface area contributed by atoms with Crippen LogP contribution in [0.15, 0.2) is 54.6 Å². The molecular weight excluding hydrogens is 368 g/mol. The fourth-order valence-electron chi connectivity index (χ4n) is 5.15. The van der Waals surface area contributed by atoms with E-state index in [2.05, 4.69) is 0 Å². The summed E-state index contributed by atoms with van der Waals surface area (Å²) in [5.74, 6) is -0.250. The zero-order valence-electron chi connectivity index (χ0n) is 16.4. The fraction of sp³-hybridized carbons (Fsp3) is 0.391. The Kier molecular flexibility index (Phi) is 4.32. The Morgan fingerprint density at radius 3 is 2.24 bits per heavy atom. The summed E-state index contributed by atoms with van der Waals surface area (Å²) in [5.41, 5.74) is 0.995. The molecule has 29 heavy (non-hydrogen) atoms. The highest BCUT2D eigenvalue weighted by molar-refractivity contribution is 6.24. The SMILES string of the molecule is COc1ccc(N2C(=O)[C@@H]3[C@@H](ON(c4ccccc4)C34CCCCC4)C2=O)cc1. The van der Waals surface area contributed by atoms with E-state index in [1.807, 2.05) is 35.4 Å². The van der Waals surface area contributed by atoms with E-state index in [-0.39, 0.29) is 11.8 Å². The molecule has 2 saturated heterocycles. The topological polar surface area (TPSA) is 59.1 Å². The average Bonchev–Trinajstić information content (AvgIpc) is 3.22. The Hall–Kier alpha value is -2.86. The van der Waals surface area contributed by atoms with Crippen molar-refractivity contribution >= 4 is 23.2 Å². The van der Waals surface area contributed by atoms with Crippen LogP contribution in [-0.2, 0) is 14.4 Å². The number of hydroxylamine groups is 1. The van der Waals surface area contributed by atoms with Crippen LogP contribution in [0.1, 0.15) is 32.1 Å². The van der Waals surface area contributed by atoms with Gasteiger partial charge in [-0.3, -0.25) is 14.4 Å². The van der Waals surface area contributed by atoms with Crippen molar-refractivity contribution in [2.24, 2.45) is 5.92 Å². The molecular formula is C23H24N2O4. The van der Waals surface area contributed by atoms with Gasteiger partial charge in [0.15, 0.2) is 6.10 Å². The minimum absolute atomic E-state index is 0.162. The predicted molar refractivity (Wildman–Crippen MR) is 109 cm³/mol. The van der Waals surface area contributed by atoms with E-state index >= 15 is 0 Å². The Labute approximate surface area is 170 Å². The lowest BCUT2D eigenvalue weighted by Crippen LogP contribution is -2.53. The molecule has 0 unspecified atom stereocenters. The van der Waals surface area contributed by atoms with Crippen molar-refractivity contribution in [2.45, 2.75) is 43.7 Å². The normalized spacial score (nSPS) is 25.6. The quantitative estimate of drug-likeness (QED) is 0.746. The number of fused-ring (bicyclic) bond motifs is 2. The number of para-hydroxylation sites is 1. The van der Waals surface area contributed by atoms with Crippen molar-refractivity contribution in [3.05, 3.63) is 54.6 Å². The van der Waals surface area contributed by atoms with E-state index in [1.165, 1.54) is 4.90 Å². The van der Waals surface area contributed by atoms with Crippen LogP contribution in [-0.4, -0.2) is 30.6 Å². The molecule has 1 spiro atoms. The minimum Gasteiger partial charge on any atom is -0.497 e. The lowest BCUT2D eigenvalue weighted by molar-refractivity contribution is -0.126. The van der Waals surface area contributed by atoms with Crippen LogP contribution >= 0.6 is 0 Å². The second kappa shape index (κ2) is 6.88. The summed E-state index contributed by atoms with van der Waals surface area (Å²) in [6.07, 6.45) is 4.12. The molecule has 1 aliphatic carbocycles. The van der Waals surface area contributed by atoms with Gasteiger partial charge in [-0.2, -0.15) is 0 Å². The first kappa shape index (κ1) is 18.2. The molecule has 1 saturated carbocycles. The molecule has 0 aromatic heterocycles. The molecule has 5 rings (SSSR count). The van der Waals surface area contributed by atoms with Crippen LogP contribution in [0.3, 0.4) is 0 Å². The summed E-state index contributed by atoms with van der Waals surface area (Å²) in [5, 5.41) is 1.88. The van der Waals surface area contributed by atoms with E-state index in [9.17, 15) is 9.59 Å². The molecule has 0 bridgehead atoms. The van der Waals surface area contributed by atoms with Crippen LogP contribution in [0.25, 0.3) is 0 Å². The summed E-state index contributed by atoms with van der Waals surface area (Å²) in [6.45, 7) is 0. The summed E-state index contributed by atoms with van der Waals surface area (Å²) >= 11 is 0. The molecule has 2 atom stereocenters. The molecule has 3 fully saturated rings. The Bertz CT molecular complexity index is 922. The van der Waals surface area contributed by atoms with E-state index in [0.29, 0.717) is 11.4 Å². The van der Waals surface area contributed by atoms with Crippen LogP contribution in [0.5, 0.6) is 5.75 Å². The number of nitrogens with zero attached hydrogens (tertiary/aromatic N) is 2. The molecule has 3 aliphatic rings. The second-order valence-electron chi connectivity index (χ2n) is 8.01. The van der Waals surface area contributed by atoms with Crippen LogP contribution in [0.4, 0.5) is 11.4 Å². The number of imide groups is 1. The van der Waals surface area contributed by atoms with Crippen molar-refractivity contribution in [1.82, 2.24) is 0 Å². The number of carbonyl (C=O) groups excluding carboxylic acids is 2. The fourth-order valence-corrected chi connectivity index (χ4v) is 5.15. The predicted octanol–water partition coefficient (Wildman–Crippen LogP) is 3.71. The molecule has 6 heteroatoms. The van der Waals surface area contributed by atoms with Gasteiger partial charge in [0.05, 0.1) is 24.0 Å². The van der Waals surface area contributed by atoms with Gasteiger partial charge < -0.3 is 4.74 Å². The smallest absolute Gasteiger partial charge is 0.266 e. The van der Waals surface area contributed by atoms with Crippen molar-refractivity contribution < 1.29 is 19.2 Å². The van der Waals surface area contributed by atoms with Crippen molar-refractivity contribution in [3.8, 4) is 5.75 Å². The number of carbonyl (C=O) groups is 2. The number of hydrogen-bond acceptors (Lipinski definition) is 5. The van der Waals surface area contributed by atoms with E-state index in [1.54, 1.807) is 31.4 Å². The van der Waals surface area contributed by atoms with Gasteiger partial charge in [-0.1, -0.05) is 37.5 Å². The van der Waals surface area contributed by atoms with Crippen LogP contribution in [0.2, 0.25) is 0 Å². The summed E-state index contributed by atoms with van der Waals surface area (Å²) in [7, 11) is 1.59. The summed E-state index contributed by atoms with van der Waals surface area (Å²) in [4.78, 5) is 34.4. The van der Waals surface area contributed by atoms with Gasteiger partial charge in [0.25, 0.3) is 5.91 Å². The Morgan fingerprint density at radius 2 is 1.59 bits per heavy atom. The number of amides is 2. The third-order valence-corrected chi connectivity index (χ3v) is 6.50. The van der Waals surface area contributed by atoms with Gasteiger partial charge in [-0.25, -0.2) is 9.96 Å². The molecule has 2 aliphatic heterocycles. The Morgan fingerprint density at radius 1 is 0.897 bits per heavy atom. The molecule has 2 aromatic rings. The maximum absolute atomic E-state index is 13.6. The van der Waals surface area contributed by atoms with E-state index in [0.717, 1.165) is 37.8 Å². The highest BCUT2D eigenvalue weighted by atomic mass is 16.7. The van der Waals surface area contributed by atoms with Gasteiger partial charge in [-0.15, -0.1) is 0 Å². The number of anilines is 2. The molecule has 0 N–H and O–H groups in total. The van der Waals surface area contributed by atoms with Gasteiger partial charge in [0.2, 0.25) is 5.91 Å². The van der Waals surface area contributed by atoms with Gasteiger partial charge in [0.1, 0.15) is 11.7 Å². The first-order valence-corrected chi connectivity index (χ1v) is 10.2. The van der Waals surface area contributed by atoms with Gasteiger partial charge in [-0.05, 0) is 49.2 Å². The molecule has 6 nitrogen and oxygen atoms in total. The molecule has 0 radical (unpaired) electrons. The summed E-state index contributed by atoms with van der Waals surface area (Å²) < 4.78 is 5.19. The number of benzene rings is 2. The third-order valence-electron chi connectivity index (χ3n) is 6.50. The molecule has 2 aromatic carbocycles. The lowest BCUT2D eigenvalue weighted by Gasteiger charge is -2.43. The Balaban J connectivity index is 1.54. The zero-order valence-corrected chi connectivity index (χ0v) is 16.4. The molecule has 2 heterocycles. The van der Waals surface area contributed by atoms with Gasteiger partial charge in [0, 0.05) is 0 Å². The monoisotopic (exact) mass is 392 g/mol. The second-order valence-corrected chi connectivity index (χ2v) is 8.01. The van der Waals surface area contributed by atoms with E-state index in [4.69, 9.17) is 9.57 Å². The molecule has 2 amide bonds. The van der Waals surface area contributed by atoms with Crippen molar-refractivity contribution in [2.75, 3.05) is 17.1 Å². The maximum atomic E-state index is 13.6. The zero-order chi connectivity index (χ0) is 20.0. The number of rotatable bonds is 3.